The zero-order valence-corrected chi connectivity index (χ0v) is 14.1. The molecule has 2 aromatic heterocycles. The number of hydrogen-bond donors (Lipinski definition) is 0. The Morgan fingerprint density at radius 2 is 2.00 bits per heavy atom. The molecule has 0 amide bonds. The van der Waals surface area contributed by atoms with Gasteiger partial charge in [-0.2, -0.15) is 10.1 Å². The Hall–Kier alpha value is -2.67. The lowest BCUT2D eigenvalue weighted by Gasteiger charge is -2.12. The molecule has 7 nitrogen and oxygen atoms in total. The molecular weight excluding hydrogens is 306 g/mol. The summed E-state index contributed by atoms with van der Waals surface area (Å²) in [5.41, 5.74) is 2.05. The molecule has 0 spiro atoms. The van der Waals surface area contributed by atoms with Crippen molar-refractivity contribution in [1.29, 1.82) is 0 Å². The first-order valence-electron chi connectivity index (χ1n) is 7.86. The second-order valence-corrected chi connectivity index (χ2v) is 5.66. The second-order valence-electron chi connectivity index (χ2n) is 5.66. The van der Waals surface area contributed by atoms with E-state index >= 15 is 0 Å². The third-order valence-electron chi connectivity index (χ3n) is 3.51. The van der Waals surface area contributed by atoms with E-state index in [-0.39, 0.29) is 0 Å². The highest BCUT2D eigenvalue weighted by molar-refractivity contribution is 5.55. The average molecular weight is 327 g/mol. The van der Waals surface area contributed by atoms with Crippen molar-refractivity contribution in [2.24, 2.45) is 7.05 Å². The molecule has 0 fully saturated rings. The Morgan fingerprint density at radius 1 is 1.21 bits per heavy atom. The Morgan fingerprint density at radius 3 is 2.67 bits per heavy atom. The van der Waals surface area contributed by atoms with Crippen LogP contribution in [-0.4, -0.2) is 38.5 Å². The van der Waals surface area contributed by atoms with Crippen LogP contribution in [0.3, 0.4) is 0 Å². The number of benzene rings is 1. The summed E-state index contributed by atoms with van der Waals surface area (Å²) in [6, 6.07) is 7.67. The number of hydrogen-bond acceptors (Lipinski definition) is 6. The van der Waals surface area contributed by atoms with Crippen molar-refractivity contribution in [3.63, 3.8) is 0 Å². The minimum Gasteiger partial charge on any atom is -0.494 e. The van der Waals surface area contributed by atoms with E-state index < -0.39 is 0 Å². The summed E-state index contributed by atoms with van der Waals surface area (Å²) in [6.45, 7) is 3.96. The van der Waals surface area contributed by atoms with Gasteiger partial charge in [0.15, 0.2) is 0 Å². The topological polar surface area (TPSA) is 69.2 Å². The smallest absolute Gasteiger partial charge is 0.241 e. The van der Waals surface area contributed by atoms with Crippen LogP contribution in [0.4, 0.5) is 0 Å². The van der Waals surface area contributed by atoms with Crippen molar-refractivity contribution in [2.75, 3.05) is 13.7 Å². The molecule has 7 heteroatoms. The molecule has 0 N–H and O–H groups in total. The van der Waals surface area contributed by atoms with Gasteiger partial charge >= 0.3 is 0 Å². The molecule has 2 heterocycles. The van der Waals surface area contributed by atoms with Crippen LogP contribution in [0.25, 0.3) is 11.4 Å². The number of ether oxygens (including phenoxy) is 1. The standard InChI is InChI=1S/C17H21N5O2/c1-4-23-15-7-5-14(6-8-15)17-19-16(24-20-17)12-21(2)10-13-9-18-22(3)11-13/h5-9,11H,4,10,12H2,1-3H3. The Bertz CT molecular complexity index is 778. The molecule has 0 aliphatic carbocycles. The highest BCUT2D eigenvalue weighted by atomic mass is 16.5. The molecule has 24 heavy (non-hydrogen) atoms. The summed E-state index contributed by atoms with van der Waals surface area (Å²) >= 11 is 0. The lowest BCUT2D eigenvalue weighted by molar-refractivity contribution is 0.261. The van der Waals surface area contributed by atoms with Crippen molar-refractivity contribution >= 4 is 0 Å². The first-order chi connectivity index (χ1) is 11.6. The lowest BCUT2D eigenvalue weighted by Crippen LogP contribution is -2.17. The maximum Gasteiger partial charge on any atom is 0.241 e. The first kappa shape index (κ1) is 16.2. The number of nitrogens with zero attached hydrogens (tertiary/aromatic N) is 5. The average Bonchev–Trinajstić information content (AvgIpc) is 3.18. The third kappa shape index (κ3) is 3.99. The van der Waals surface area contributed by atoms with E-state index in [0.29, 0.717) is 24.9 Å². The van der Waals surface area contributed by atoms with E-state index in [1.165, 1.54) is 0 Å². The third-order valence-corrected chi connectivity index (χ3v) is 3.51. The summed E-state index contributed by atoms with van der Waals surface area (Å²) in [5.74, 6) is 2.01. The summed E-state index contributed by atoms with van der Waals surface area (Å²) in [6.07, 6.45) is 3.85. The number of rotatable bonds is 7. The van der Waals surface area contributed by atoms with Gasteiger partial charge in [0.25, 0.3) is 0 Å². The van der Waals surface area contributed by atoms with Crippen LogP contribution in [0, 0.1) is 0 Å². The van der Waals surface area contributed by atoms with Crippen LogP contribution < -0.4 is 4.74 Å². The van der Waals surface area contributed by atoms with Crippen LogP contribution in [0.1, 0.15) is 18.4 Å². The van der Waals surface area contributed by atoms with Crippen LogP contribution in [-0.2, 0) is 20.1 Å². The fourth-order valence-electron chi connectivity index (χ4n) is 2.46. The maximum absolute atomic E-state index is 5.44. The lowest BCUT2D eigenvalue weighted by atomic mass is 10.2. The molecule has 0 bridgehead atoms. The summed E-state index contributed by atoms with van der Waals surface area (Å²) < 4.78 is 12.6. The van der Waals surface area contributed by atoms with Crippen molar-refractivity contribution in [3.8, 4) is 17.1 Å². The number of aryl methyl sites for hydroxylation is 1. The fourth-order valence-corrected chi connectivity index (χ4v) is 2.46. The molecular formula is C17H21N5O2. The van der Waals surface area contributed by atoms with Crippen molar-refractivity contribution in [3.05, 3.63) is 48.1 Å². The Labute approximate surface area is 140 Å². The Kier molecular flexibility index (Phi) is 4.90. The quantitative estimate of drug-likeness (QED) is 0.664. The summed E-state index contributed by atoms with van der Waals surface area (Å²) in [4.78, 5) is 6.57. The van der Waals surface area contributed by atoms with E-state index in [1.54, 1.807) is 4.68 Å². The van der Waals surface area contributed by atoms with E-state index in [2.05, 4.69) is 20.1 Å². The van der Waals surface area contributed by atoms with Gasteiger partial charge in [-0.05, 0) is 38.2 Å². The van der Waals surface area contributed by atoms with Crippen LogP contribution in [0.15, 0.2) is 41.2 Å². The molecule has 3 rings (SSSR count). The van der Waals surface area contributed by atoms with Crippen LogP contribution in [0.2, 0.25) is 0 Å². The van der Waals surface area contributed by atoms with Crippen molar-refractivity contribution in [1.82, 2.24) is 24.8 Å². The van der Waals surface area contributed by atoms with Gasteiger partial charge in [-0.25, -0.2) is 0 Å². The van der Waals surface area contributed by atoms with E-state index in [9.17, 15) is 0 Å². The highest BCUT2D eigenvalue weighted by Gasteiger charge is 2.11. The van der Waals surface area contributed by atoms with Gasteiger partial charge < -0.3 is 9.26 Å². The van der Waals surface area contributed by atoms with E-state index in [0.717, 1.165) is 23.4 Å². The van der Waals surface area contributed by atoms with Gasteiger partial charge in [0.1, 0.15) is 5.75 Å². The monoisotopic (exact) mass is 327 g/mol. The normalized spacial score (nSPS) is 11.2. The minimum atomic E-state index is 0.582. The molecule has 0 aliphatic rings. The summed E-state index contributed by atoms with van der Waals surface area (Å²) in [7, 11) is 3.92. The maximum atomic E-state index is 5.44. The highest BCUT2D eigenvalue weighted by Crippen LogP contribution is 2.20. The summed E-state index contributed by atoms with van der Waals surface area (Å²) in [5, 5.41) is 8.23. The fraction of sp³-hybridized carbons (Fsp3) is 0.353. The molecule has 0 saturated carbocycles. The van der Waals surface area contributed by atoms with Crippen molar-refractivity contribution in [2.45, 2.75) is 20.0 Å². The molecule has 0 saturated heterocycles. The largest absolute Gasteiger partial charge is 0.494 e. The second kappa shape index (κ2) is 7.27. The minimum absolute atomic E-state index is 0.582. The van der Waals surface area contributed by atoms with Gasteiger partial charge in [0.05, 0.1) is 19.3 Å². The van der Waals surface area contributed by atoms with Crippen LogP contribution in [0.5, 0.6) is 5.75 Å². The zero-order chi connectivity index (χ0) is 16.9. The Balaban J connectivity index is 1.62. The predicted molar refractivity (Wildman–Crippen MR) is 89.3 cm³/mol. The molecule has 3 aromatic rings. The SMILES string of the molecule is CCOc1ccc(-c2noc(CN(C)Cc3cnn(C)c3)n2)cc1. The molecule has 0 atom stereocenters. The number of aromatic nitrogens is 4. The van der Waals surface area contributed by atoms with E-state index in [1.807, 2.05) is 57.7 Å². The van der Waals surface area contributed by atoms with E-state index in [4.69, 9.17) is 9.26 Å². The van der Waals surface area contributed by atoms with Gasteiger partial charge in [-0.15, -0.1) is 0 Å². The zero-order valence-electron chi connectivity index (χ0n) is 14.1. The molecule has 0 aliphatic heterocycles. The molecule has 0 unspecified atom stereocenters. The van der Waals surface area contributed by atoms with Gasteiger partial charge in [0.2, 0.25) is 11.7 Å². The van der Waals surface area contributed by atoms with Gasteiger partial charge in [-0.1, -0.05) is 5.16 Å². The first-order valence-corrected chi connectivity index (χ1v) is 7.86. The van der Waals surface area contributed by atoms with Crippen LogP contribution >= 0.6 is 0 Å². The van der Waals surface area contributed by atoms with Gasteiger partial charge in [0, 0.05) is 30.9 Å². The van der Waals surface area contributed by atoms with Gasteiger partial charge in [-0.3, -0.25) is 9.58 Å². The molecule has 1 aromatic carbocycles. The molecule has 126 valence electrons. The molecule has 0 radical (unpaired) electrons. The predicted octanol–water partition coefficient (Wildman–Crippen LogP) is 2.50. The van der Waals surface area contributed by atoms with Crippen molar-refractivity contribution < 1.29 is 9.26 Å².